The third kappa shape index (κ3) is 3.80. The topological polar surface area (TPSA) is 108 Å². The van der Waals surface area contributed by atoms with E-state index in [1.165, 1.54) is 22.5 Å². The van der Waals surface area contributed by atoms with Gasteiger partial charge in [0, 0.05) is 36.7 Å². The van der Waals surface area contributed by atoms with Crippen molar-refractivity contribution in [2.24, 2.45) is 0 Å². The van der Waals surface area contributed by atoms with Crippen molar-refractivity contribution in [2.75, 3.05) is 31.1 Å². The Balaban J connectivity index is 1.82. The Hall–Kier alpha value is -2.48. The highest BCUT2D eigenvalue weighted by molar-refractivity contribution is 9.10. The van der Waals surface area contributed by atoms with Crippen LogP contribution >= 0.6 is 15.9 Å². The summed E-state index contributed by atoms with van der Waals surface area (Å²) < 4.78 is 27.7. The van der Waals surface area contributed by atoms with Gasteiger partial charge in [0.2, 0.25) is 10.0 Å². The van der Waals surface area contributed by atoms with Crippen molar-refractivity contribution in [1.29, 1.82) is 5.26 Å². The van der Waals surface area contributed by atoms with Gasteiger partial charge in [-0.15, -0.1) is 0 Å². The summed E-state index contributed by atoms with van der Waals surface area (Å²) in [5.41, 5.74) is 0.525. The van der Waals surface area contributed by atoms with Crippen LogP contribution in [0.1, 0.15) is 5.56 Å². The summed E-state index contributed by atoms with van der Waals surface area (Å²) in [5, 5.41) is 20.5. The molecule has 0 unspecified atom stereocenters. The molecular weight excluding hydrogens is 436 g/mol. The lowest BCUT2D eigenvalue weighted by atomic mass is 10.2. The zero-order chi connectivity index (χ0) is 19.6. The molecule has 140 valence electrons. The predicted molar refractivity (Wildman–Crippen MR) is 103 cm³/mol. The van der Waals surface area contributed by atoms with Gasteiger partial charge in [-0.05, 0) is 24.3 Å². The van der Waals surface area contributed by atoms with E-state index < -0.39 is 14.9 Å². The molecule has 0 radical (unpaired) electrons. The number of anilines is 1. The van der Waals surface area contributed by atoms with Gasteiger partial charge in [-0.1, -0.05) is 28.1 Å². The van der Waals surface area contributed by atoms with E-state index in [1.54, 1.807) is 29.2 Å². The number of nitro groups is 1. The maximum Gasteiger partial charge on any atom is 0.293 e. The van der Waals surface area contributed by atoms with Gasteiger partial charge < -0.3 is 4.90 Å². The first-order valence-corrected chi connectivity index (χ1v) is 10.3. The molecule has 1 aliphatic rings. The van der Waals surface area contributed by atoms with E-state index in [1.807, 2.05) is 6.07 Å². The Bertz CT molecular complexity index is 1030. The summed E-state index contributed by atoms with van der Waals surface area (Å²) in [4.78, 5) is 12.6. The fourth-order valence-electron chi connectivity index (χ4n) is 3.00. The molecule has 3 rings (SSSR count). The van der Waals surface area contributed by atoms with Gasteiger partial charge in [-0.2, -0.15) is 9.57 Å². The molecular formula is C17H15BrN4O4S. The first kappa shape index (κ1) is 19.3. The maximum absolute atomic E-state index is 12.9. The van der Waals surface area contributed by atoms with Gasteiger partial charge in [-0.3, -0.25) is 10.1 Å². The molecule has 1 saturated heterocycles. The second kappa shape index (κ2) is 7.64. The Morgan fingerprint density at radius 3 is 2.41 bits per heavy atom. The highest BCUT2D eigenvalue weighted by atomic mass is 79.9. The molecule has 2 aromatic rings. The van der Waals surface area contributed by atoms with Crippen molar-refractivity contribution in [3.63, 3.8) is 0 Å². The minimum atomic E-state index is -3.80. The molecule has 8 nitrogen and oxygen atoms in total. The Labute approximate surface area is 165 Å². The quantitative estimate of drug-likeness (QED) is 0.523. The van der Waals surface area contributed by atoms with E-state index in [0.717, 1.165) is 0 Å². The van der Waals surface area contributed by atoms with Crippen molar-refractivity contribution in [2.45, 2.75) is 4.90 Å². The number of nitro benzene ring substituents is 1. The molecule has 0 atom stereocenters. The Kier molecular flexibility index (Phi) is 5.46. The fraction of sp³-hybridized carbons (Fsp3) is 0.235. The largest absolute Gasteiger partial charge is 0.363 e. The fourth-order valence-corrected chi connectivity index (χ4v) is 4.92. The van der Waals surface area contributed by atoms with Crippen LogP contribution < -0.4 is 4.90 Å². The number of piperazine rings is 1. The molecule has 0 saturated carbocycles. The van der Waals surface area contributed by atoms with Gasteiger partial charge in [-0.25, -0.2) is 8.42 Å². The monoisotopic (exact) mass is 450 g/mol. The van der Waals surface area contributed by atoms with Crippen LogP contribution in [-0.2, 0) is 10.0 Å². The molecule has 10 heteroatoms. The third-order valence-electron chi connectivity index (χ3n) is 4.34. The van der Waals surface area contributed by atoms with Gasteiger partial charge in [0.25, 0.3) is 5.69 Å². The van der Waals surface area contributed by atoms with Crippen LogP contribution in [0.4, 0.5) is 11.4 Å². The summed E-state index contributed by atoms with van der Waals surface area (Å²) in [5.74, 6) is 0. The average Bonchev–Trinajstić information content (AvgIpc) is 2.68. The standard InChI is InChI=1S/C17H15BrN4O4S/c18-14-5-6-15(16(11-14)22(23)24)20-7-9-21(10-8-20)27(25,26)17-4-2-1-3-13(17)12-19/h1-6,11H,7-10H2. The number of hydrogen-bond acceptors (Lipinski definition) is 6. The van der Waals surface area contributed by atoms with E-state index in [-0.39, 0.29) is 29.2 Å². The van der Waals surface area contributed by atoms with Crippen molar-refractivity contribution in [1.82, 2.24) is 4.31 Å². The number of halogens is 1. The van der Waals surface area contributed by atoms with Crippen LogP contribution in [0.5, 0.6) is 0 Å². The number of nitriles is 1. The second-order valence-electron chi connectivity index (χ2n) is 5.89. The minimum Gasteiger partial charge on any atom is -0.363 e. The molecule has 27 heavy (non-hydrogen) atoms. The van der Waals surface area contributed by atoms with Crippen LogP contribution in [-0.4, -0.2) is 43.8 Å². The molecule has 0 amide bonds. The van der Waals surface area contributed by atoms with E-state index in [9.17, 15) is 18.5 Å². The van der Waals surface area contributed by atoms with Crippen molar-refractivity contribution in [3.8, 4) is 6.07 Å². The lowest BCUT2D eigenvalue weighted by molar-refractivity contribution is -0.384. The van der Waals surface area contributed by atoms with Crippen molar-refractivity contribution < 1.29 is 13.3 Å². The first-order chi connectivity index (χ1) is 12.8. The number of rotatable bonds is 4. The van der Waals surface area contributed by atoms with Crippen LogP contribution in [0.25, 0.3) is 0 Å². The normalized spacial score (nSPS) is 15.3. The lowest BCUT2D eigenvalue weighted by Gasteiger charge is -2.35. The highest BCUT2D eigenvalue weighted by Crippen LogP contribution is 2.32. The zero-order valence-corrected chi connectivity index (χ0v) is 16.5. The predicted octanol–water partition coefficient (Wildman–Crippen LogP) is 2.74. The molecule has 1 aliphatic heterocycles. The minimum absolute atomic E-state index is 0.0180. The van der Waals surface area contributed by atoms with E-state index in [4.69, 9.17) is 5.26 Å². The molecule has 0 aliphatic carbocycles. The smallest absolute Gasteiger partial charge is 0.293 e. The number of hydrogen-bond donors (Lipinski definition) is 0. The van der Waals surface area contributed by atoms with Crippen molar-refractivity contribution in [3.05, 3.63) is 62.6 Å². The summed E-state index contributed by atoms with van der Waals surface area (Å²) >= 11 is 3.23. The van der Waals surface area contributed by atoms with E-state index in [2.05, 4.69) is 15.9 Å². The molecule has 1 fully saturated rings. The van der Waals surface area contributed by atoms with Gasteiger partial charge in [0.05, 0.1) is 15.4 Å². The Morgan fingerprint density at radius 2 is 1.78 bits per heavy atom. The lowest BCUT2D eigenvalue weighted by Crippen LogP contribution is -2.48. The second-order valence-corrected chi connectivity index (χ2v) is 8.71. The highest BCUT2D eigenvalue weighted by Gasteiger charge is 2.32. The maximum atomic E-state index is 12.9. The average molecular weight is 451 g/mol. The summed E-state index contributed by atoms with van der Waals surface area (Å²) in [6.45, 7) is 0.984. The molecule has 0 N–H and O–H groups in total. The molecule has 0 spiro atoms. The first-order valence-electron chi connectivity index (χ1n) is 8.03. The third-order valence-corrected chi connectivity index (χ3v) is 6.79. The van der Waals surface area contributed by atoms with E-state index in [0.29, 0.717) is 23.2 Å². The SMILES string of the molecule is N#Cc1ccccc1S(=O)(=O)N1CCN(c2ccc(Br)cc2[N+](=O)[O-])CC1. The number of benzene rings is 2. The number of sulfonamides is 1. The Morgan fingerprint density at radius 1 is 1.11 bits per heavy atom. The van der Waals surface area contributed by atoms with Crippen molar-refractivity contribution >= 4 is 37.3 Å². The van der Waals surface area contributed by atoms with Crippen LogP contribution in [0.3, 0.4) is 0 Å². The molecule has 0 aromatic heterocycles. The van der Waals surface area contributed by atoms with Crippen LogP contribution in [0.15, 0.2) is 51.8 Å². The summed E-state index contributed by atoms with van der Waals surface area (Å²) in [6.07, 6.45) is 0. The zero-order valence-electron chi connectivity index (χ0n) is 14.1. The van der Waals surface area contributed by atoms with Gasteiger partial charge in [0.15, 0.2) is 0 Å². The molecule has 0 bridgehead atoms. The molecule has 1 heterocycles. The van der Waals surface area contributed by atoms with Crippen LogP contribution in [0.2, 0.25) is 0 Å². The van der Waals surface area contributed by atoms with Crippen LogP contribution in [0, 0.1) is 21.4 Å². The molecule has 2 aromatic carbocycles. The van der Waals surface area contributed by atoms with E-state index >= 15 is 0 Å². The van der Waals surface area contributed by atoms with Gasteiger partial charge in [0.1, 0.15) is 11.8 Å². The number of nitrogens with zero attached hydrogens (tertiary/aromatic N) is 4. The summed E-state index contributed by atoms with van der Waals surface area (Å²) in [6, 6.07) is 12.8. The summed E-state index contributed by atoms with van der Waals surface area (Å²) in [7, 11) is -3.80. The van der Waals surface area contributed by atoms with Gasteiger partial charge >= 0.3 is 0 Å².